The van der Waals surface area contributed by atoms with Crippen LogP contribution in [-0.4, -0.2) is 30.5 Å². The Hall–Kier alpha value is -3.19. The largest absolute Gasteiger partial charge is 0.497 e. The highest BCUT2D eigenvalue weighted by atomic mass is 32.1. The monoisotopic (exact) mass is 409 g/mol. The van der Waals surface area contributed by atoms with Crippen molar-refractivity contribution in [1.29, 1.82) is 0 Å². The minimum Gasteiger partial charge on any atom is -0.497 e. The number of benzene rings is 2. The number of carbonyl (C=O) groups is 2. The van der Waals surface area contributed by atoms with E-state index in [-0.39, 0.29) is 11.8 Å². The van der Waals surface area contributed by atoms with Crippen LogP contribution < -0.4 is 15.4 Å². The van der Waals surface area contributed by atoms with Crippen LogP contribution in [0.1, 0.15) is 28.8 Å². The summed E-state index contributed by atoms with van der Waals surface area (Å²) in [5.41, 5.74) is 3.62. The van der Waals surface area contributed by atoms with Crippen molar-refractivity contribution >= 4 is 28.3 Å². The molecule has 0 fully saturated rings. The number of aryl methyl sites for hydroxylation is 1. The van der Waals surface area contributed by atoms with Gasteiger partial charge in [-0.1, -0.05) is 24.3 Å². The highest BCUT2D eigenvalue weighted by Gasteiger charge is 2.10. The molecule has 7 heteroatoms. The molecule has 0 unspecified atom stereocenters. The Bertz CT molecular complexity index is 983. The summed E-state index contributed by atoms with van der Waals surface area (Å²) in [5, 5.41) is 8.16. The van der Waals surface area contributed by atoms with Gasteiger partial charge >= 0.3 is 0 Å². The molecule has 6 nitrogen and oxygen atoms in total. The van der Waals surface area contributed by atoms with Crippen molar-refractivity contribution in [3.8, 4) is 17.0 Å². The highest BCUT2D eigenvalue weighted by Crippen LogP contribution is 2.27. The molecule has 150 valence electrons. The van der Waals surface area contributed by atoms with Gasteiger partial charge in [0.2, 0.25) is 5.91 Å². The molecular formula is C22H23N3O3S. The quantitative estimate of drug-likeness (QED) is 0.544. The highest BCUT2D eigenvalue weighted by molar-refractivity contribution is 7.14. The molecule has 0 aliphatic carbocycles. The van der Waals surface area contributed by atoms with Crippen molar-refractivity contribution in [2.75, 3.05) is 19.0 Å². The van der Waals surface area contributed by atoms with Crippen LogP contribution in [0.5, 0.6) is 5.75 Å². The number of carbonyl (C=O) groups excluding carboxylic acids is 2. The maximum atomic E-state index is 12.1. The molecule has 0 aliphatic heterocycles. The fourth-order valence-corrected chi connectivity index (χ4v) is 3.52. The van der Waals surface area contributed by atoms with E-state index in [2.05, 4.69) is 15.6 Å². The lowest BCUT2D eigenvalue weighted by atomic mass is 10.1. The zero-order chi connectivity index (χ0) is 20.6. The number of anilines is 1. The third-order valence-electron chi connectivity index (χ3n) is 4.39. The number of amides is 2. The lowest BCUT2D eigenvalue weighted by Crippen LogP contribution is -2.25. The van der Waals surface area contributed by atoms with E-state index in [1.54, 1.807) is 31.4 Å². The number of hydrogen-bond acceptors (Lipinski definition) is 5. The Morgan fingerprint density at radius 1 is 1.10 bits per heavy atom. The Morgan fingerprint density at radius 3 is 2.59 bits per heavy atom. The number of nitrogens with zero attached hydrogens (tertiary/aromatic N) is 1. The predicted octanol–water partition coefficient (Wildman–Crippen LogP) is 4.28. The van der Waals surface area contributed by atoms with Gasteiger partial charge in [-0.25, -0.2) is 4.98 Å². The smallest absolute Gasteiger partial charge is 0.251 e. The van der Waals surface area contributed by atoms with Gasteiger partial charge in [-0.15, -0.1) is 11.3 Å². The number of rotatable bonds is 8. The third kappa shape index (κ3) is 5.65. The van der Waals surface area contributed by atoms with E-state index in [0.717, 1.165) is 16.8 Å². The predicted molar refractivity (Wildman–Crippen MR) is 115 cm³/mol. The summed E-state index contributed by atoms with van der Waals surface area (Å²) in [6, 6.07) is 14.9. The van der Waals surface area contributed by atoms with Crippen molar-refractivity contribution in [2.45, 2.75) is 19.8 Å². The topological polar surface area (TPSA) is 80.3 Å². The van der Waals surface area contributed by atoms with Crippen molar-refractivity contribution in [3.63, 3.8) is 0 Å². The van der Waals surface area contributed by atoms with Gasteiger partial charge in [0.05, 0.1) is 12.8 Å². The van der Waals surface area contributed by atoms with Gasteiger partial charge in [-0.3, -0.25) is 9.59 Å². The number of hydrogen-bond donors (Lipinski definition) is 2. The minimum atomic E-state index is -0.171. The lowest BCUT2D eigenvalue weighted by Gasteiger charge is -2.06. The second-order valence-electron chi connectivity index (χ2n) is 6.49. The van der Waals surface area contributed by atoms with E-state index in [0.29, 0.717) is 35.8 Å². The average molecular weight is 410 g/mol. The van der Waals surface area contributed by atoms with Crippen LogP contribution >= 0.6 is 11.3 Å². The van der Waals surface area contributed by atoms with Gasteiger partial charge in [0, 0.05) is 29.5 Å². The van der Waals surface area contributed by atoms with Crippen LogP contribution in [0.4, 0.5) is 5.13 Å². The normalized spacial score (nSPS) is 10.4. The van der Waals surface area contributed by atoms with E-state index >= 15 is 0 Å². The zero-order valence-electron chi connectivity index (χ0n) is 16.4. The Balaban J connectivity index is 1.42. The van der Waals surface area contributed by atoms with E-state index in [4.69, 9.17) is 4.74 Å². The molecule has 0 aliphatic rings. The molecule has 0 radical (unpaired) electrons. The first kappa shape index (κ1) is 20.5. The van der Waals surface area contributed by atoms with Gasteiger partial charge in [-0.05, 0) is 43.2 Å². The average Bonchev–Trinajstić information content (AvgIpc) is 3.19. The molecule has 1 aromatic heterocycles. The number of thiazole rings is 1. The maximum absolute atomic E-state index is 12.1. The second kappa shape index (κ2) is 9.84. The van der Waals surface area contributed by atoms with Crippen molar-refractivity contribution < 1.29 is 14.3 Å². The Morgan fingerprint density at radius 2 is 1.86 bits per heavy atom. The summed E-state index contributed by atoms with van der Waals surface area (Å²) in [5.74, 6) is 0.413. The summed E-state index contributed by atoms with van der Waals surface area (Å²) in [7, 11) is 1.58. The number of nitrogens with one attached hydrogen (secondary N) is 2. The molecule has 0 saturated heterocycles. The van der Waals surface area contributed by atoms with E-state index in [1.165, 1.54) is 11.3 Å². The van der Waals surface area contributed by atoms with Gasteiger partial charge in [-0.2, -0.15) is 0 Å². The molecule has 0 atom stereocenters. The molecule has 3 rings (SSSR count). The molecule has 0 bridgehead atoms. The number of methoxy groups -OCH3 is 1. The molecule has 2 amide bonds. The van der Waals surface area contributed by atoms with Crippen LogP contribution in [0.3, 0.4) is 0 Å². The summed E-state index contributed by atoms with van der Waals surface area (Å²) in [6.45, 7) is 2.46. The number of aromatic nitrogens is 1. The Kier molecular flexibility index (Phi) is 6.97. The molecule has 3 aromatic rings. The lowest BCUT2D eigenvalue weighted by molar-refractivity contribution is -0.116. The first-order valence-electron chi connectivity index (χ1n) is 9.30. The number of ether oxygens (including phenoxy) is 1. The SMILES string of the molecule is COc1ccc(C(=O)NCCCC(=O)Nc2nc(-c3ccccc3C)cs2)cc1. The van der Waals surface area contributed by atoms with Gasteiger partial charge < -0.3 is 15.4 Å². The summed E-state index contributed by atoms with van der Waals surface area (Å²) in [4.78, 5) is 28.7. The summed E-state index contributed by atoms with van der Waals surface area (Å²) < 4.78 is 5.07. The molecule has 1 heterocycles. The first-order valence-corrected chi connectivity index (χ1v) is 10.2. The minimum absolute atomic E-state index is 0.116. The van der Waals surface area contributed by atoms with Crippen LogP contribution in [0.25, 0.3) is 11.3 Å². The van der Waals surface area contributed by atoms with Crippen LogP contribution in [0.15, 0.2) is 53.9 Å². The van der Waals surface area contributed by atoms with Gasteiger partial charge in [0.25, 0.3) is 5.91 Å². The maximum Gasteiger partial charge on any atom is 0.251 e. The molecule has 0 spiro atoms. The second-order valence-corrected chi connectivity index (χ2v) is 7.35. The fourth-order valence-electron chi connectivity index (χ4n) is 2.79. The standard InChI is InChI=1S/C22H23N3O3S/c1-15-6-3-4-7-18(15)19-14-29-22(24-19)25-20(26)8-5-13-23-21(27)16-9-11-17(28-2)12-10-16/h3-4,6-7,9-12,14H,5,8,13H2,1-2H3,(H,23,27)(H,24,25,26). The Labute approximate surface area is 173 Å². The van der Waals surface area contributed by atoms with Gasteiger partial charge in [0.1, 0.15) is 5.75 Å². The van der Waals surface area contributed by atoms with E-state index in [1.807, 2.05) is 36.6 Å². The van der Waals surface area contributed by atoms with Crippen molar-refractivity contribution in [1.82, 2.24) is 10.3 Å². The van der Waals surface area contributed by atoms with Crippen molar-refractivity contribution in [3.05, 3.63) is 65.0 Å². The van der Waals surface area contributed by atoms with Crippen LogP contribution in [-0.2, 0) is 4.79 Å². The first-order chi connectivity index (χ1) is 14.1. The van der Waals surface area contributed by atoms with E-state index in [9.17, 15) is 9.59 Å². The molecular weight excluding hydrogens is 386 g/mol. The fraction of sp³-hybridized carbons (Fsp3) is 0.227. The van der Waals surface area contributed by atoms with E-state index < -0.39 is 0 Å². The molecule has 2 aromatic carbocycles. The molecule has 2 N–H and O–H groups in total. The summed E-state index contributed by atoms with van der Waals surface area (Å²) >= 11 is 1.40. The van der Waals surface area contributed by atoms with Crippen LogP contribution in [0.2, 0.25) is 0 Å². The van der Waals surface area contributed by atoms with Crippen LogP contribution in [0, 0.1) is 6.92 Å². The third-order valence-corrected chi connectivity index (χ3v) is 5.15. The zero-order valence-corrected chi connectivity index (χ0v) is 17.2. The molecule has 29 heavy (non-hydrogen) atoms. The molecule has 0 saturated carbocycles. The van der Waals surface area contributed by atoms with Gasteiger partial charge in [0.15, 0.2) is 5.13 Å². The van der Waals surface area contributed by atoms with Crippen molar-refractivity contribution in [2.24, 2.45) is 0 Å². The summed E-state index contributed by atoms with van der Waals surface area (Å²) in [6.07, 6.45) is 0.853.